The summed E-state index contributed by atoms with van der Waals surface area (Å²) in [5, 5.41) is 4.56. The minimum Gasteiger partial charge on any atom is -0.468 e. The van der Waals surface area contributed by atoms with E-state index in [1.54, 1.807) is 13.8 Å². The molecule has 2 amide bonds. The first-order valence-electron chi connectivity index (χ1n) is 6.87. The van der Waals surface area contributed by atoms with Gasteiger partial charge in [-0.2, -0.15) is 0 Å². The molecule has 0 heterocycles. The van der Waals surface area contributed by atoms with Crippen LogP contribution in [0, 0.1) is 17.6 Å². The zero-order valence-corrected chi connectivity index (χ0v) is 13.0. The van der Waals surface area contributed by atoms with Gasteiger partial charge in [0.2, 0.25) is 5.91 Å². The molecule has 0 spiro atoms. The highest BCUT2D eigenvalue weighted by Gasteiger charge is 2.27. The second kappa shape index (κ2) is 8.21. The molecule has 0 aliphatic carbocycles. The van der Waals surface area contributed by atoms with E-state index in [2.05, 4.69) is 15.4 Å². The van der Waals surface area contributed by atoms with Gasteiger partial charge in [-0.05, 0) is 18.1 Å². The summed E-state index contributed by atoms with van der Waals surface area (Å²) in [6.45, 7) is 2.91. The lowest BCUT2D eigenvalue weighted by Gasteiger charge is -2.21. The predicted octanol–water partition coefficient (Wildman–Crippen LogP) is 1.01. The molecular formula is C15H18F2N2O4. The Morgan fingerprint density at radius 1 is 1.17 bits per heavy atom. The van der Waals surface area contributed by atoms with Crippen molar-refractivity contribution in [3.8, 4) is 0 Å². The van der Waals surface area contributed by atoms with Gasteiger partial charge in [0, 0.05) is 0 Å². The van der Waals surface area contributed by atoms with Gasteiger partial charge in [-0.1, -0.05) is 19.9 Å². The topological polar surface area (TPSA) is 84.5 Å². The number of hydrogen-bond donors (Lipinski definition) is 2. The van der Waals surface area contributed by atoms with E-state index < -0.39 is 41.0 Å². The first kappa shape index (κ1) is 18.5. The van der Waals surface area contributed by atoms with Gasteiger partial charge in [0.05, 0.1) is 7.11 Å². The normalized spacial score (nSPS) is 11.7. The van der Waals surface area contributed by atoms with Crippen molar-refractivity contribution in [2.45, 2.75) is 19.9 Å². The fraction of sp³-hybridized carbons (Fsp3) is 0.400. The third kappa shape index (κ3) is 5.01. The van der Waals surface area contributed by atoms with E-state index >= 15 is 0 Å². The van der Waals surface area contributed by atoms with Crippen molar-refractivity contribution in [1.29, 1.82) is 0 Å². The van der Waals surface area contributed by atoms with Crippen molar-refractivity contribution in [1.82, 2.24) is 10.6 Å². The van der Waals surface area contributed by atoms with Gasteiger partial charge in [0.25, 0.3) is 5.91 Å². The number of amides is 2. The average Bonchev–Trinajstić information content (AvgIpc) is 2.49. The Hall–Kier alpha value is -2.51. The number of rotatable bonds is 6. The SMILES string of the molecule is COC(=O)CNC(=O)C(NC(=O)c1c(F)cccc1F)C(C)C. The molecular weight excluding hydrogens is 310 g/mol. The summed E-state index contributed by atoms with van der Waals surface area (Å²) in [6.07, 6.45) is 0. The molecule has 1 unspecified atom stereocenters. The molecule has 0 radical (unpaired) electrons. The molecule has 1 atom stereocenters. The third-order valence-electron chi connectivity index (χ3n) is 3.06. The van der Waals surface area contributed by atoms with Crippen LogP contribution in [0.5, 0.6) is 0 Å². The summed E-state index contributed by atoms with van der Waals surface area (Å²) in [5.41, 5.74) is -0.765. The molecule has 126 valence electrons. The van der Waals surface area contributed by atoms with Crippen LogP contribution in [0.15, 0.2) is 18.2 Å². The average molecular weight is 328 g/mol. The maximum atomic E-state index is 13.6. The van der Waals surface area contributed by atoms with Gasteiger partial charge in [0.15, 0.2) is 0 Å². The zero-order chi connectivity index (χ0) is 17.6. The number of carbonyl (C=O) groups excluding carboxylic acids is 3. The lowest BCUT2D eigenvalue weighted by Crippen LogP contribution is -2.51. The van der Waals surface area contributed by atoms with Crippen LogP contribution in [-0.4, -0.2) is 37.5 Å². The number of benzene rings is 1. The lowest BCUT2D eigenvalue weighted by atomic mass is 10.0. The second-order valence-corrected chi connectivity index (χ2v) is 5.09. The highest BCUT2D eigenvalue weighted by Crippen LogP contribution is 2.13. The van der Waals surface area contributed by atoms with E-state index in [9.17, 15) is 23.2 Å². The molecule has 6 nitrogen and oxygen atoms in total. The Bertz CT molecular complexity index is 585. The zero-order valence-electron chi connectivity index (χ0n) is 13.0. The summed E-state index contributed by atoms with van der Waals surface area (Å²) in [5.74, 6) is -4.79. The van der Waals surface area contributed by atoms with E-state index in [1.807, 2.05) is 0 Å². The van der Waals surface area contributed by atoms with Crippen LogP contribution < -0.4 is 10.6 Å². The summed E-state index contributed by atoms with van der Waals surface area (Å²) in [4.78, 5) is 35.1. The highest BCUT2D eigenvalue weighted by molar-refractivity contribution is 5.98. The van der Waals surface area contributed by atoms with Gasteiger partial charge < -0.3 is 15.4 Å². The van der Waals surface area contributed by atoms with Gasteiger partial charge in [0.1, 0.15) is 29.8 Å². The maximum absolute atomic E-state index is 13.6. The molecule has 0 aromatic heterocycles. The van der Waals surface area contributed by atoms with Gasteiger partial charge >= 0.3 is 5.97 Å². The number of nitrogens with one attached hydrogen (secondary N) is 2. The van der Waals surface area contributed by atoms with E-state index in [0.29, 0.717) is 0 Å². The minimum absolute atomic E-state index is 0.369. The molecule has 1 aromatic rings. The summed E-state index contributed by atoms with van der Waals surface area (Å²) >= 11 is 0. The van der Waals surface area contributed by atoms with Crippen molar-refractivity contribution in [3.63, 3.8) is 0 Å². The van der Waals surface area contributed by atoms with Crippen molar-refractivity contribution in [2.75, 3.05) is 13.7 Å². The molecule has 8 heteroatoms. The Balaban J connectivity index is 2.85. The van der Waals surface area contributed by atoms with Gasteiger partial charge in [-0.25, -0.2) is 8.78 Å². The standard InChI is InChI=1S/C15H18F2N2O4/c1-8(2)13(15(22)18-7-11(20)23-3)19-14(21)12-9(16)5-4-6-10(12)17/h4-6,8,13H,7H2,1-3H3,(H,18,22)(H,19,21). The number of ether oxygens (including phenoxy) is 1. The Kier molecular flexibility index (Phi) is 6.62. The van der Waals surface area contributed by atoms with E-state index in [0.717, 1.165) is 25.3 Å². The Morgan fingerprint density at radius 3 is 2.22 bits per heavy atom. The summed E-state index contributed by atoms with van der Waals surface area (Å²) in [7, 11) is 1.16. The molecule has 2 N–H and O–H groups in total. The third-order valence-corrected chi connectivity index (χ3v) is 3.06. The quantitative estimate of drug-likeness (QED) is 0.763. The fourth-order valence-electron chi connectivity index (χ4n) is 1.80. The van der Waals surface area contributed by atoms with Crippen molar-refractivity contribution >= 4 is 17.8 Å². The first-order chi connectivity index (χ1) is 10.8. The number of halogens is 2. The van der Waals surface area contributed by atoms with Crippen LogP contribution in [0.2, 0.25) is 0 Å². The number of esters is 1. The summed E-state index contributed by atoms with van der Waals surface area (Å²) in [6, 6.07) is 1.95. The first-order valence-corrected chi connectivity index (χ1v) is 6.87. The largest absolute Gasteiger partial charge is 0.468 e. The van der Waals surface area contributed by atoms with Gasteiger partial charge in [-0.15, -0.1) is 0 Å². The fourth-order valence-corrected chi connectivity index (χ4v) is 1.80. The number of carbonyl (C=O) groups is 3. The molecule has 0 aliphatic heterocycles. The van der Waals surface area contributed by atoms with Crippen LogP contribution in [0.25, 0.3) is 0 Å². The second-order valence-electron chi connectivity index (χ2n) is 5.09. The highest BCUT2D eigenvalue weighted by atomic mass is 19.1. The molecule has 0 fully saturated rings. The van der Waals surface area contributed by atoms with Crippen LogP contribution in [0.4, 0.5) is 8.78 Å². The maximum Gasteiger partial charge on any atom is 0.325 e. The van der Waals surface area contributed by atoms with Crippen molar-refractivity contribution in [2.24, 2.45) is 5.92 Å². The number of hydrogen-bond acceptors (Lipinski definition) is 4. The minimum atomic E-state index is -1.06. The summed E-state index contributed by atoms with van der Waals surface area (Å²) < 4.78 is 31.6. The molecule has 1 rings (SSSR count). The molecule has 0 bridgehead atoms. The molecule has 0 aliphatic rings. The van der Waals surface area contributed by atoms with Crippen molar-refractivity contribution < 1.29 is 27.9 Å². The van der Waals surface area contributed by atoms with E-state index in [1.165, 1.54) is 0 Å². The van der Waals surface area contributed by atoms with Crippen LogP contribution in [0.3, 0.4) is 0 Å². The van der Waals surface area contributed by atoms with E-state index in [4.69, 9.17) is 0 Å². The van der Waals surface area contributed by atoms with Crippen LogP contribution in [-0.2, 0) is 14.3 Å². The monoisotopic (exact) mass is 328 g/mol. The van der Waals surface area contributed by atoms with Crippen LogP contribution >= 0.6 is 0 Å². The Labute approximate surface area is 132 Å². The molecule has 0 saturated heterocycles. The number of methoxy groups -OCH3 is 1. The predicted molar refractivity (Wildman–Crippen MR) is 77.5 cm³/mol. The lowest BCUT2D eigenvalue weighted by molar-refractivity contribution is -0.141. The molecule has 0 saturated carbocycles. The van der Waals surface area contributed by atoms with Crippen molar-refractivity contribution in [3.05, 3.63) is 35.4 Å². The smallest absolute Gasteiger partial charge is 0.325 e. The van der Waals surface area contributed by atoms with Crippen LogP contribution in [0.1, 0.15) is 24.2 Å². The van der Waals surface area contributed by atoms with Gasteiger partial charge in [-0.3, -0.25) is 14.4 Å². The van der Waals surface area contributed by atoms with E-state index in [-0.39, 0.29) is 12.5 Å². The molecule has 1 aromatic carbocycles. The Morgan fingerprint density at radius 2 is 1.74 bits per heavy atom. The molecule has 23 heavy (non-hydrogen) atoms.